The first kappa shape index (κ1) is 13.7. The van der Waals surface area contributed by atoms with E-state index in [1.165, 1.54) is 46.2 Å². The Morgan fingerprint density at radius 2 is 1.62 bits per heavy atom. The molecule has 1 heteroatoms. The van der Waals surface area contributed by atoms with E-state index in [1.807, 2.05) is 18.5 Å². The third-order valence-corrected chi connectivity index (χ3v) is 5.43. The molecule has 0 radical (unpaired) electrons. The molecular formula is C23H19N. The lowest BCUT2D eigenvalue weighted by atomic mass is 9.78. The van der Waals surface area contributed by atoms with Gasteiger partial charge >= 0.3 is 0 Å². The first-order valence-electron chi connectivity index (χ1n) is 8.74. The molecule has 2 aliphatic rings. The maximum Gasteiger partial charge on any atom is 0.0343 e. The van der Waals surface area contributed by atoms with E-state index in [-0.39, 0.29) is 0 Å². The van der Waals surface area contributed by atoms with Crippen LogP contribution in [0.2, 0.25) is 0 Å². The van der Waals surface area contributed by atoms with Crippen molar-refractivity contribution in [3.63, 3.8) is 0 Å². The Balaban J connectivity index is 1.63. The predicted octanol–water partition coefficient (Wildman–Crippen LogP) is 5.33. The second kappa shape index (κ2) is 5.45. The number of nitrogens with zero attached hydrogens (tertiary/aromatic N) is 1. The van der Waals surface area contributed by atoms with Gasteiger partial charge in [-0.2, -0.15) is 0 Å². The lowest BCUT2D eigenvalue weighted by Gasteiger charge is -2.26. The first-order valence-corrected chi connectivity index (χ1v) is 8.74. The van der Waals surface area contributed by atoms with Crippen molar-refractivity contribution >= 4 is 11.6 Å². The van der Waals surface area contributed by atoms with Crippen molar-refractivity contribution in [1.29, 1.82) is 0 Å². The molecule has 1 heterocycles. The molecule has 0 atom stereocenters. The minimum Gasteiger partial charge on any atom is -0.264 e. The van der Waals surface area contributed by atoms with Crippen LogP contribution in [0, 0.1) is 0 Å². The molecule has 0 amide bonds. The summed E-state index contributed by atoms with van der Waals surface area (Å²) in [5.41, 5.74) is 11.6. The van der Waals surface area contributed by atoms with Crippen molar-refractivity contribution < 1.29 is 0 Å². The van der Waals surface area contributed by atoms with Crippen LogP contribution in [0.4, 0.5) is 0 Å². The third-order valence-electron chi connectivity index (χ3n) is 5.43. The summed E-state index contributed by atoms with van der Waals surface area (Å²) < 4.78 is 0. The summed E-state index contributed by atoms with van der Waals surface area (Å²) in [5.74, 6) is 0. The zero-order chi connectivity index (χ0) is 15.9. The van der Waals surface area contributed by atoms with Gasteiger partial charge in [-0.3, -0.25) is 4.98 Å². The first-order chi connectivity index (χ1) is 11.9. The van der Waals surface area contributed by atoms with Crippen LogP contribution in [0.3, 0.4) is 0 Å². The highest BCUT2D eigenvalue weighted by Crippen LogP contribution is 2.40. The Kier molecular flexibility index (Phi) is 3.12. The van der Waals surface area contributed by atoms with Crippen molar-refractivity contribution in [3.05, 3.63) is 88.7 Å². The standard InChI is InChI=1S/C23H19N/c1-2-6-20-16(4-1)7-11-23-21-10-8-17(19-5-3-13-24-15-19)14-18(21)9-12-22(20)23/h1-6,9,12-15H,7-8,10-11H2. The predicted molar refractivity (Wildman–Crippen MR) is 99.7 cm³/mol. The number of benzene rings is 2. The van der Waals surface area contributed by atoms with E-state index >= 15 is 0 Å². The summed E-state index contributed by atoms with van der Waals surface area (Å²) in [6, 6.07) is 17.7. The molecule has 0 unspecified atom stereocenters. The van der Waals surface area contributed by atoms with Crippen LogP contribution < -0.4 is 0 Å². The summed E-state index contributed by atoms with van der Waals surface area (Å²) in [6.45, 7) is 0. The zero-order valence-electron chi connectivity index (χ0n) is 13.6. The molecule has 1 aromatic heterocycles. The van der Waals surface area contributed by atoms with Crippen LogP contribution in [0.5, 0.6) is 0 Å². The van der Waals surface area contributed by atoms with Crippen LogP contribution in [-0.2, 0) is 19.3 Å². The largest absolute Gasteiger partial charge is 0.264 e. The molecule has 0 N–H and O–H groups in total. The summed E-state index contributed by atoms with van der Waals surface area (Å²) in [7, 11) is 0. The summed E-state index contributed by atoms with van der Waals surface area (Å²) in [5, 5.41) is 0. The molecule has 1 nitrogen and oxygen atoms in total. The number of fused-ring (bicyclic) bond motifs is 5. The van der Waals surface area contributed by atoms with Crippen molar-refractivity contribution in [2.75, 3.05) is 0 Å². The van der Waals surface area contributed by atoms with E-state index in [9.17, 15) is 0 Å². The normalized spacial score (nSPS) is 15.1. The van der Waals surface area contributed by atoms with Crippen molar-refractivity contribution in [3.8, 4) is 11.1 Å². The van der Waals surface area contributed by atoms with Gasteiger partial charge in [0.1, 0.15) is 0 Å². The highest BCUT2D eigenvalue weighted by molar-refractivity contribution is 5.86. The van der Waals surface area contributed by atoms with E-state index in [1.54, 1.807) is 11.1 Å². The van der Waals surface area contributed by atoms with Crippen LogP contribution in [0.25, 0.3) is 22.8 Å². The monoisotopic (exact) mass is 309 g/mol. The maximum absolute atomic E-state index is 4.27. The van der Waals surface area contributed by atoms with Gasteiger partial charge in [0.05, 0.1) is 0 Å². The van der Waals surface area contributed by atoms with E-state index in [0.29, 0.717) is 0 Å². The van der Waals surface area contributed by atoms with Crippen molar-refractivity contribution in [2.45, 2.75) is 25.7 Å². The van der Waals surface area contributed by atoms with Crippen LogP contribution >= 0.6 is 0 Å². The molecule has 0 saturated carbocycles. The molecule has 2 aliphatic carbocycles. The molecule has 5 rings (SSSR count). The lowest BCUT2D eigenvalue weighted by molar-refractivity contribution is 0.892. The molecule has 24 heavy (non-hydrogen) atoms. The Morgan fingerprint density at radius 1 is 0.708 bits per heavy atom. The minimum atomic E-state index is 1.11. The van der Waals surface area contributed by atoms with Gasteiger partial charge in [0, 0.05) is 12.4 Å². The minimum absolute atomic E-state index is 1.11. The Bertz CT molecular complexity index is 951. The number of hydrogen-bond acceptors (Lipinski definition) is 1. The molecular weight excluding hydrogens is 290 g/mol. The second-order valence-electron chi connectivity index (χ2n) is 6.73. The number of rotatable bonds is 1. The van der Waals surface area contributed by atoms with Gasteiger partial charge in [0.15, 0.2) is 0 Å². The number of hydrogen-bond donors (Lipinski definition) is 0. The number of aromatic nitrogens is 1. The quantitative estimate of drug-likeness (QED) is 0.591. The van der Waals surface area contributed by atoms with Crippen molar-refractivity contribution in [2.24, 2.45) is 0 Å². The van der Waals surface area contributed by atoms with E-state index < -0.39 is 0 Å². The van der Waals surface area contributed by atoms with Gasteiger partial charge < -0.3 is 0 Å². The number of aryl methyl sites for hydroxylation is 1. The molecule has 0 bridgehead atoms. The fourth-order valence-electron chi connectivity index (χ4n) is 4.24. The summed E-state index contributed by atoms with van der Waals surface area (Å²) in [4.78, 5) is 4.27. The van der Waals surface area contributed by atoms with Crippen LogP contribution in [0.1, 0.15) is 34.2 Å². The van der Waals surface area contributed by atoms with Gasteiger partial charge in [0.25, 0.3) is 0 Å². The smallest absolute Gasteiger partial charge is 0.0343 e. The fourth-order valence-corrected chi connectivity index (χ4v) is 4.24. The van der Waals surface area contributed by atoms with Crippen LogP contribution in [-0.4, -0.2) is 4.98 Å². The highest BCUT2D eigenvalue weighted by Gasteiger charge is 2.22. The molecule has 116 valence electrons. The van der Waals surface area contributed by atoms with E-state index in [0.717, 1.165) is 12.8 Å². The Hall–Kier alpha value is -2.67. The second-order valence-corrected chi connectivity index (χ2v) is 6.73. The molecule has 0 aliphatic heterocycles. The molecule has 3 aromatic rings. The van der Waals surface area contributed by atoms with E-state index in [2.05, 4.69) is 53.5 Å². The van der Waals surface area contributed by atoms with Gasteiger partial charge in [-0.15, -0.1) is 0 Å². The van der Waals surface area contributed by atoms with Crippen molar-refractivity contribution in [1.82, 2.24) is 4.98 Å². The Morgan fingerprint density at radius 3 is 2.54 bits per heavy atom. The van der Waals surface area contributed by atoms with Crippen LogP contribution in [0.15, 0.2) is 60.9 Å². The highest BCUT2D eigenvalue weighted by atomic mass is 14.6. The SMILES string of the molecule is C1=C(c2cccnc2)CCc2c1ccc1c2CCc2ccccc2-1. The molecule has 0 fully saturated rings. The molecule has 2 aromatic carbocycles. The maximum atomic E-state index is 4.27. The number of pyridine rings is 1. The van der Waals surface area contributed by atoms with E-state index in [4.69, 9.17) is 0 Å². The Labute approximate surface area is 142 Å². The summed E-state index contributed by atoms with van der Waals surface area (Å²) in [6.07, 6.45) is 10.8. The van der Waals surface area contributed by atoms with Gasteiger partial charge in [-0.25, -0.2) is 0 Å². The number of allylic oxidation sites excluding steroid dienone is 1. The van der Waals surface area contributed by atoms with Gasteiger partial charge in [-0.05, 0) is 76.3 Å². The topological polar surface area (TPSA) is 12.9 Å². The lowest BCUT2D eigenvalue weighted by Crippen LogP contribution is -2.10. The summed E-state index contributed by atoms with van der Waals surface area (Å²) >= 11 is 0. The fraction of sp³-hybridized carbons (Fsp3) is 0.174. The zero-order valence-corrected chi connectivity index (χ0v) is 13.6. The third kappa shape index (κ3) is 2.12. The molecule has 0 spiro atoms. The van der Waals surface area contributed by atoms with Gasteiger partial charge in [-0.1, -0.05) is 48.5 Å². The molecule has 0 saturated heterocycles. The van der Waals surface area contributed by atoms with Gasteiger partial charge in [0.2, 0.25) is 0 Å². The average Bonchev–Trinajstić information content (AvgIpc) is 2.67. The average molecular weight is 309 g/mol.